The van der Waals surface area contributed by atoms with Crippen LogP contribution in [0.25, 0.3) is 22.2 Å². The van der Waals surface area contributed by atoms with E-state index in [-0.39, 0.29) is 5.82 Å². The summed E-state index contributed by atoms with van der Waals surface area (Å²) in [5, 5.41) is 9.96. The predicted octanol–water partition coefficient (Wildman–Crippen LogP) is 6.11. The second kappa shape index (κ2) is 8.76. The molecule has 0 N–H and O–H groups in total. The summed E-state index contributed by atoms with van der Waals surface area (Å²) < 4.78 is 24.6. The SMILES string of the molecule is CC(Oc1ccc(F)cc1)c1nnc(Sc2nc(-c3ccccc3)c3ccccc3n2)o1. The van der Waals surface area contributed by atoms with Crippen molar-refractivity contribution in [3.05, 3.63) is 90.6 Å². The van der Waals surface area contributed by atoms with Gasteiger partial charge in [-0.3, -0.25) is 0 Å². The third-order valence-electron chi connectivity index (χ3n) is 4.70. The standard InChI is InChI=1S/C24H17FN4O2S/c1-15(30-18-13-11-17(25)12-14-18)22-28-29-24(31-22)32-23-26-20-10-6-5-9-19(20)21(27-23)16-7-3-2-4-8-16/h2-15H,1H3. The molecule has 0 amide bonds. The maximum atomic E-state index is 13.1. The second-order valence-electron chi connectivity index (χ2n) is 6.96. The van der Waals surface area contributed by atoms with Gasteiger partial charge in [0.25, 0.3) is 11.1 Å². The Morgan fingerprint density at radius 3 is 2.44 bits per heavy atom. The molecule has 0 radical (unpaired) electrons. The molecule has 0 aliphatic rings. The Balaban J connectivity index is 1.40. The summed E-state index contributed by atoms with van der Waals surface area (Å²) >= 11 is 1.19. The predicted molar refractivity (Wildman–Crippen MR) is 119 cm³/mol. The summed E-state index contributed by atoms with van der Waals surface area (Å²) in [4.78, 5) is 9.40. The van der Waals surface area contributed by atoms with E-state index < -0.39 is 6.10 Å². The molecule has 0 aliphatic carbocycles. The van der Waals surface area contributed by atoms with Gasteiger partial charge in [-0.2, -0.15) is 0 Å². The van der Waals surface area contributed by atoms with E-state index in [2.05, 4.69) is 15.2 Å². The van der Waals surface area contributed by atoms with Crippen LogP contribution in [0.15, 0.2) is 93.7 Å². The molecular weight excluding hydrogens is 427 g/mol. The minimum Gasteiger partial charge on any atom is -0.481 e. The van der Waals surface area contributed by atoms with E-state index in [0.717, 1.165) is 22.2 Å². The van der Waals surface area contributed by atoms with Crippen molar-refractivity contribution in [1.82, 2.24) is 20.2 Å². The lowest BCUT2D eigenvalue weighted by Gasteiger charge is -2.10. The number of benzene rings is 3. The molecule has 0 fully saturated rings. The lowest BCUT2D eigenvalue weighted by molar-refractivity contribution is 0.181. The first-order valence-corrected chi connectivity index (χ1v) is 10.7. The summed E-state index contributed by atoms with van der Waals surface area (Å²) in [5.74, 6) is 0.490. The number of fused-ring (bicyclic) bond motifs is 1. The Kier molecular flexibility index (Phi) is 5.51. The van der Waals surface area contributed by atoms with E-state index in [1.165, 1.54) is 23.9 Å². The van der Waals surface area contributed by atoms with Crippen LogP contribution in [0, 0.1) is 5.82 Å². The summed E-state index contributed by atoms with van der Waals surface area (Å²) in [5.41, 5.74) is 2.67. The van der Waals surface area contributed by atoms with Crippen molar-refractivity contribution in [3.8, 4) is 17.0 Å². The monoisotopic (exact) mass is 444 g/mol. The fourth-order valence-corrected chi connectivity index (χ4v) is 3.83. The molecule has 158 valence electrons. The molecule has 6 nitrogen and oxygen atoms in total. The topological polar surface area (TPSA) is 73.9 Å². The highest BCUT2D eigenvalue weighted by Crippen LogP contribution is 2.32. The largest absolute Gasteiger partial charge is 0.481 e. The molecule has 2 aromatic heterocycles. The first kappa shape index (κ1) is 20.1. The van der Waals surface area contributed by atoms with Crippen molar-refractivity contribution in [2.24, 2.45) is 0 Å². The first-order valence-electron chi connectivity index (χ1n) is 9.91. The number of halogens is 1. The molecule has 0 aliphatic heterocycles. The van der Waals surface area contributed by atoms with Gasteiger partial charge in [-0.15, -0.1) is 10.2 Å². The molecule has 0 saturated carbocycles. The molecule has 1 unspecified atom stereocenters. The molecular formula is C24H17FN4O2S. The van der Waals surface area contributed by atoms with Gasteiger partial charge in [0.1, 0.15) is 11.6 Å². The molecule has 5 aromatic rings. The Morgan fingerprint density at radius 2 is 1.62 bits per heavy atom. The number of ether oxygens (including phenoxy) is 1. The van der Waals surface area contributed by atoms with Crippen molar-refractivity contribution >= 4 is 22.7 Å². The van der Waals surface area contributed by atoms with E-state index in [0.29, 0.717) is 22.0 Å². The minimum absolute atomic E-state index is 0.306. The summed E-state index contributed by atoms with van der Waals surface area (Å²) in [7, 11) is 0. The zero-order valence-corrected chi connectivity index (χ0v) is 17.8. The Morgan fingerprint density at radius 1 is 0.875 bits per heavy atom. The Hall–Kier alpha value is -3.78. The fourth-order valence-electron chi connectivity index (χ4n) is 3.19. The van der Waals surface area contributed by atoms with Crippen LogP contribution >= 0.6 is 11.8 Å². The van der Waals surface area contributed by atoms with Gasteiger partial charge >= 0.3 is 0 Å². The first-order chi connectivity index (χ1) is 15.7. The normalized spacial score (nSPS) is 12.1. The van der Waals surface area contributed by atoms with E-state index >= 15 is 0 Å². The zero-order valence-electron chi connectivity index (χ0n) is 17.0. The number of aromatic nitrogens is 4. The molecule has 8 heteroatoms. The molecule has 0 spiro atoms. The van der Waals surface area contributed by atoms with Crippen molar-refractivity contribution in [3.63, 3.8) is 0 Å². The van der Waals surface area contributed by atoms with Crippen LogP contribution in [0.4, 0.5) is 4.39 Å². The van der Waals surface area contributed by atoms with E-state index in [4.69, 9.17) is 14.1 Å². The fraction of sp³-hybridized carbons (Fsp3) is 0.0833. The highest BCUT2D eigenvalue weighted by molar-refractivity contribution is 7.98. The van der Waals surface area contributed by atoms with E-state index in [9.17, 15) is 4.39 Å². The van der Waals surface area contributed by atoms with Crippen LogP contribution in [0.3, 0.4) is 0 Å². The summed E-state index contributed by atoms with van der Waals surface area (Å²) in [6.45, 7) is 1.78. The van der Waals surface area contributed by atoms with Crippen LogP contribution < -0.4 is 4.74 Å². The summed E-state index contributed by atoms with van der Waals surface area (Å²) in [6, 6.07) is 23.6. The van der Waals surface area contributed by atoms with E-state index in [1.807, 2.05) is 54.6 Å². The number of hydrogen-bond acceptors (Lipinski definition) is 7. The van der Waals surface area contributed by atoms with Crippen molar-refractivity contribution in [1.29, 1.82) is 0 Å². The molecule has 32 heavy (non-hydrogen) atoms. The van der Waals surface area contributed by atoms with Crippen LogP contribution in [-0.2, 0) is 0 Å². The number of nitrogens with zero attached hydrogens (tertiary/aromatic N) is 4. The maximum Gasteiger partial charge on any atom is 0.284 e. The van der Waals surface area contributed by atoms with Crippen molar-refractivity contribution < 1.29 is 13.5 Å². The maximum absolute atomic E-state index is 13.1. The Labute approximate surface area is 187 Å². The molecule has 1 atom stereocenters. The molecule has 0 bridgehead atoms. The van der Waals surface area contributed by atoms with Crippen LogP contribution in [0.5, 0.6) is 5.75 Å². The van der Waals surface area contributed by atoms with Crippen LogP contribution in [0.1, 0.15) is 18.9 Å². The highest BCUT2D eigenvalue weighted by atomic mass is 32.2. The van der Waals surface area contributed by atoms with Gasteiger partial charge in [0, 0.05) is 22.7 Å². The van der Waals surface area contributed by atoms with Crippen molar-refractivity contribution in [2.45, 2.75) is 23.4 Å². The average Bonchev–Trinajstić information content (AvgIpc) is 3.29. The number of hydrogen-bond donors (Lipinski definition) is 0. The molecule has 3 aromatic carbocycles. The molecule has 5 rings (SSSR count). The third kappa shape index (κ3) is 4.31. The van der Waals surface area contributed by atoms with Gasteiger partial charge in [0.2, 0.25) is 0 Å². The summed E-state index contributed by atoms with van der Waals surface area (Å²) in [6.07, 6.45) is -0.500. The van der Waals surface area contributed by atoms with Crippen molar-refractivity contribution in [2.75, 3.05) is 0 Å². The van der Waals surface area contributed by atoms with Gasteiger partial charge < -0.3 is 9.15 Å². The smallest absolute Gasteiger partial charge is 0.284 e. The van der Waals surface area contributed by atoms with Crippen LogP contribution in [0.2, 0.25) is 0 Å². The molecule has 2 heterocycles. The van der Waals surface area contributed by atoms with Gasteiger partial charge in [-0.25, -0.2) is 14.4 Å². The molecule has 0 saturated heterocycles. The van der Waals surface area contributed by atoms with Gasteiger partial charge in [0.05, 0.1) is 11.2 Å². The lowest BCUT2D eigenvalue weighted by atomic mass is 10.1. The van der Waals surface area contributed by atoms with Gasteiger partial charge in [0.15, 0.2) is 11.3 Å². The third-order valence-corrected chi connectivity index (χ3v) is 5.41. The second-order valence-corrected chi connectivity index (χ2v) is 7.88. The zero-order chi connectivity index (χ0) is 21.9. The average molecular weight is 444 g/mol. The van der Waals surface area contributed by atoms with Crippen LogP contribution in [-0.4, -0.2) is 20.2 Å². The highest BCUT2D eigenvalue weighted by Gasteiger charge is 2.18. The minimum atomic E-state index is -0.500. The van der Waals surface area contributed by atoms with E-state index in [1.54, 1.807) is 19.1 Å². The van der Waals surface area contributed by atoms with Gasteiger partial charge in [-0.05, 0) is 37.3 Å². The number of rotatable bonds is 6. The quantitative estimate of drug-likeness (QED) is 0.293. The number of para-hydroxylation sites is 1. The Bertz CT molecular complexity index is 1360. The lowest BCUT2D eigenvalue weighted by Crippen LogP contribution is -2.03. The van der Waals surface area contributed by atoms with Gasteiger partial charge in [-0.1, -0.05) is 48.5 Å².